The molecule has 1 N–H and O–H groups in total. The Morgan fingerprint density at radius 3 is 2.63 bits per heavy atom. The lowest BCUT2D eigenvalue weighted by molar-refractivity contribution is -0.122. The fraction of sp³-hybridized carbons (Fsp3) is 0.240. The summed E-state index contributed by atoms with van der Waals surface area (Å²) >= 11 is 1.33. The van der Waals surface area contributed by atoms with Crippen molar-refractivity contribution >= 4 is 33.9 Å². The van der Waals surface area contributed by atoms with Crippen LogP contribution in [0.1, 0.15) is 41.3 Å². The quantitative estimate of drug-likeness (QED) is 0.353. The highest BCUT2D eigenvalue weighted by Gasteiger charge is 2.19. The molecule has 1 atom stereocenters. The number of anilines is 1. The van der Waals surface area contributed by atoms with Crippen molar-refractivity contribution in [1.29, 1.82) is 0 Å². The number of hydrogen-bond acceptors (Lipinski definition) is 8. The number of carbonyl (C=O) groups excluding carboxylic acids is 2. The van der Waals surface area contributed by atoms with Gasteiger partial charge in [-0.05, 0) is 37.6 Å². The van der Waals surface area contributed by atoms with Crippen molar-refractivity contribution in [2.45, 2.75) is 39.4 Å². The van der Waals surface area contributed by atoms with Crippen LogP contribution in [0.3, 0.4) is 0 Å². The molecule has 4 rings (SSSR count). The first-order valence-corrected chi connectivity index (χ1v) is 11.9. The van der Waals surface area contributed by atoms with Gasteiger partial charge in [0, 0.05) is 12.5 Å². The van der Waals surface area contributed by atoms with Crippen LogP contribution in [0.4, 0.5) is 5.69 Å². The molecule has 0 fully saturated rings. The predicted octanol–water partition coefficient (Wildman–Crippen LogP) is 3.87. The van der Waals surface area contributed by atoms with E-state index in [0.717, 1.165) is 17.8 Å². The van der Waals surface area contributed by atoms with Gasteiger partial charge >= 0.3 is 5.97 Å². The number of aryl methyl sites for hydroxylation is 1. The summed E-state index contributed by atoms with van der Waals surface area (Å²) in [7, 11) is 0. The van der Waals surface area contributed by atoms with E-state index in [2.05, 4.69) is 15.4 Å². The summed E-state index contributed by atoms with van der Waals surface area (Å²) in [4.78, 5) is 42.6. The standard InChI is InChI=1S/C25H24N4O5S/c1-3-9-21-28-29-22(30)14-17(26-25(29)35-21)15-33-24(32)19-12-7-8-13-20(19)27-23(31)16(2)34-18-10-5-4-6-11-18/h4-8,10-14,16H,3,9,15H2,1-2H3,(H,27,31). The summed E-state index contributed by atoms with van der Waals surface area (Å²) < 4.78 is 12.3. The van der Waals surface area contributed by atoms with Crippen LogP contribution in [-0.2, 0) is 22.6 Å². The van der Waals surface area contributed by atoms with Gasteiger partial charge in [-0.1, -0.05) is 48.6 Å². The number of benzene rings is 2. The highest BCUT2D eigenvalue weighted by atomic mass is 32.1. The van der Waals surface area contributed by atoms with Gasteiger partial charge in [0.1, 0.15) is 17.4 Å². The first-order valence-electron chi connectivity index (χ1n) is 11.1. The molecule has 2 heterocycles. The molecule has 0 aliphatic rings. The van der Waals surface area contributed by atoms with Crippen molar-refractivity contribution in [3.05, 3.63) is 87.3 Å². The van der Waals surface area contributed by atoms with Crippen LogP contribution < -0.4 is 15.6 Å². The average Bonchev–Trinajstić information content (AvgIpc) is 3.27. The van der Waals surface area contributed by atoms with Crippen molar-refractivity contribution in [2.75, 3.05) is 5.32 Å². The van der Waals surface area contributed by atoms with Gasteiger partial charge in [-0.25, -0.2) is 9.78 Å². The van der Waals surface area contributed by atoms with E-state index in [-0.39, 0.29) is 17.7 Å². The maximum atomic E-state index is 12.8. The summed E-state index contributed by atoms with van der Waals surface area (Å²) in [6, 6.07) is 16.8. The number of nitrogens with zero attached hydrogens (tertiary/aromatic N) is 3. The van der Waals surface area contributed by atoms with E-state index >= 15 is 0 Å². The van der Waals surface area contributed by atoms with Gasteiger partial charge in [-0.2, -0.15) is 9.61 Å². The van der Waals surface area contributed by atoms with Crippen LogP contribution in [0.15, 0.2) is 65.5 Å². The van der Waals surface area contributed by atoms with Gasteiger partial charge in [-0.15, -0.1) is 0 Å². The van der Waals surface area contributed by atoms with Crippen molar-refractivity contribution in [1.82, 2.24) is 14.6 Å². The minimum absolute atomic E-state index is 0.175. The number of carbonyl (C=O) groups is 2. The minimum atomic E-state index is -0.789. The third-order valence-corrected chi connectivity index (χ3v) is 5.95. The van der Waals surface area contributed by atoms with Gasteiger partial charge < -0.3 is 14.8 Å². The molecule has 2 aromatic heterocycles. The van der Waals surface area contributed by atoms with E-state index in [1.165, 1.54) is 21.9 Å². The van der Waals surface area contributed by atoms with E-state index in [9.17, 15) is 14.4 Å². The Labute approximate surface area is 205 Å². The number of fused-ring (bicyclic) bond motifs is 1. The molecular formula is C25H24N4O5S. The van der Waals surface area contributed by atoms with Crippen LogP contribution in [0.2, 0.25) is 0 Å². The Morgan fingerprint density at radius 2 is 1.86 bits per heavy atom. The van der Waals surface area contributed by atoms with Gasteiger partial charge in [0.05, 0.1) is 16.9 Å². The van der Waals surface area contributed by atoms with Crippen molar-refractivity contribution in [2.24, 2.45) is 0 Å². The number of ether oxygens (including phenoxy) is 2. The van der Waals surface area contributed by atoms with E-state index < -0.39 is 18.0 Å². The largest absolute Gasteiger partial charge is 0.481 e. The number of hydrogen-bond donors (Lipinski definition) is 1. The highest BCUT2D eigenvalue weighted by Crippen LogP contribution is 2.19. The Balaban J connectivity index is 1.43. The SMILES string of the molecule is CCCc1nn2c(=O)cc(COC(=O)c3ccccc3NC(=O)C(C)Oc3ccccc3)nc2s1. The third-order valence-electron chi connectivity index (χ3n) is 4.99. The summed E-state index contributed by atoms with van der Waals surface area (Å²) in [5, 5.41) is 7.81. The van der Waals surface area contributed by atoms with Gasteiger partial charge in [0.25, 0.3) is 11.5 Å². The Morgan fingerprint density at radius 1 is 1.11 bits per heavy atom. The number of para-hydroxylation sites is 2. The second kappa shape index (κ2) is 10.9. The van der Waals surface area contributed by atoms with E-state index in [1.807, 2.05) is 25.1 Å². The van der Waals surface area contributed by atoms with E-state index in [0.29, 0.717) is 22.1 Å². The molecule has 0 aliphatic carbocycles. The molecule has 0 aliphatic heterocycles. The maximum absolute atomic E-state index is 12.8. The highest BCUT2D eigenvalue weighted by molar-refractivity contribution is 7.16. The Hall–Kier alpha value is -4.05. The molecule has 1 unspecified atom stereocenters. The first kappa shape index (κ1) is 24.1. The van der Waals surface area contributed by atoms with Crippen LogP contribution >= 0.6 is 11.3 Å². The zero-order valence-corrected chi connectivity index (χ0v) is 20.1. The molecule has 10 heteroatoms. The number of esters is 1. The summed E-state index contributed by atoms with van der Waals surface area (Å²) in [6.45, 7) is 3.46. The Kier molecular flexibility index (Phi) is 7.51. The van der Waals surface area contributed by atoms with Gasteiger partial charge in [0.15, 0.2) is 6.10 Å². The fourth-order valence-electron chi connectivity index (χ4n) is 3.26. The lowest BCUT2D eigenvalue weighted by Crippen LogP contribution is -2.30. The van der Waals surface area contributed by atoms with E-state index in [1.54, 1.807) is 43.3 Å². The van der Waals surface area contributed by atoms with Crippen LogP contribution in [0, 0.1) is 0 Å². The second-order valence-electron chi connectivity index (χ2n) is 7.71. The molecule has 0 saturated carbocycles. The van der Waals surface area contributed by atoms with E-state index in [4.69, 9.17) is 9.47 Å². The van der Waals surface area contributed by atoms with Crippen LogP contribution in [0.25, 0.3) is 4.96 Å². The van der Waals surface area contributed by atoms with Gasteiger partial charge in [-0.3, -0.25) is 9.59 Å². The average molecular weight is 493 g/mol. The molecule has 9 nitrogen and oxygen atoms in total. The zero-order valence-electron chi connectivity index (χ0n) is 19.3. The normalized spacial score (nSPS) is 11.7. The number of nitrogens with one attached hydrogen (secondary N) is 1. The Bertz CT molecular complexity index is 1400. The third kappa shape index (κ3) is 5.90. The lowest BCUT2D eigenvalue weighted by atomic mass is 10.1. The molecule has 4 aromatic rings. The fourth-order valence-corrected chi connectivity index (χ4v) is 4.28. The maximum Gasteiger partial charge on any atom is 0.340 e. The van der Waals surface area contributed by atoms with Crippen molar-refractivity contribution < 1.29 is 19.1 Å². The lowest BCUT2D eigenvalue weighted by Gasteiger charge is -2.16. The summed E-state index contributed by atoms with van der Waals surface area (Å²) in [6.07, 6.45) is 0.879. The van der Waals surface area contributed by atoms with Crippen LogP contribution in [-0.4, -0.2) is 32.6 Å². The molecule has 35 heavy (non-hydrogen) atoms. The minimum Gasteiger partial charge on any atom is -0.481 e. The molecule has 0 radical (unpaired) electrons. The first-order chi connectivity index (χ1) is 16.9. The monoisotopic (exact) mass is 492 g/mol. The molecular weight excluding hydrogens is 468 g/mol. The van der Waals surface area contributed by atoms with Crippen molar-refractivity contribution in [3.63, 3.8) is 0 Å². The molecule has 2 aromatic carbocycles. The molecule has 0 saturated heterocycles. The molecule has 0 bridgehead atoms. The second-order valence-corrected chi connectivity index (χ2v) is 8.75. The number of rotatable bonds is 9. The molecule has 1 amide bonds. The predicted molar refractivity (Wildman–Crippen MR) is 132 cm³/mol. The molecule has 180 valence electrons. The zero-order chi connectivity index (χ0) is 24.8. The van der Waals surface area contributed by atoms with Gasteiger partial charge in [0.2, 0.25) is 4.96 Å². The van der Waals surface area contributed by atoms with Crippen LogP contribution in [0.5, 0.6) is 5.75 Å². The van der Waals surface area contributed by atoms with Crippen molar-refractivity contribution in [3.8, 4) is 5.75 Å². The summed E-state index contributed by atoms with van der Waals surface area (Å²) in [5.74, 6) is -0.510. The summed E-state index contributed by atoms with van der Waals surface area (Å²) in [5.41, 5.74) is 0.455. The number of amides is 1. The number of aromatic nitrogens is 3. The smallest absolute Gasteiger partial charge is 0.340 e. The topological polar surface area (TPSA) is 112 Å². The molecule has 0 spiro atoms.